The van der Waals surface area contributed by atoms with Crippen LogP contribution in [0.4, 0.5) is 0 Å². The molecular weight excluding hydrogens is 260 g/mol. The number of nitrogens with one attached hydrogen (secondary N) is 1. The van der Waals surface area contributed by atoms with E-state index in [0.29, 0.717) is 0 Å². The predicted octanol–water partition coefficient (Wildman–Crippen LogP) is 0.771. The first-order valence-corrected chi connectivity index (χ1v) is 6.84. The van der Waals surface area contributed by atoms with Crippen molar-refractivity contribution in [1.29, 1.82) is 0 Å². The second kappa shape index (κ2) is 6.67. The van der Waals surface area contributed by atoms with Crippen LogP contribution < -0.4 is 5.32 Å². The molecule has 2 amide bonds. The van der Waals surface area contributed by atoms with E-state index in [-0.39, 0.29) is 18.3 Å². The maximum absolute atomic E-state index is 11.8. The number of rotatable bonds is 4. The molecular formula is C14H20N2O4. The van der Waals surface area contributed by atoms with Crippen LogP contribution >= 0.6 is 0 Å². The number of furan rings is 1. The van der Waals surface area contributed by atoms with Gasteiger partial charge in [0.15, 0.2) is 5.76 Å². The van der Waals surface area contributed by atoms with E-state index < -0.39 is 17.9 Å². The molecule has 2 atom stereocenters. The number of amides is 2. The van der Waals surface area contributed by atoms with Crippen molar-refractivity contribution in [2.24, 2.45) is 0 Å². The molecule has 110 valence electrons. The van der Waals surface area contributed by atoms with Crippen molar-refractivity contribution in [2.75, 3.05) is 13.6 Å². The van der Waals surface area contributed by atoms with Gasteiger partial charge in [0, 0.05) is 6.04 Å². The molecule has 0 bridgehead atoms. The zero-order valence-corrected chi connectivity index (χ0v) is 11.5. The molecule has 1 saturated carbocycles. The number of hydrogen-bond acceptors (Lipinski definition) is 5. The molecule has 1 aromatic rings. The molecule has 2 unspecified atom stereocenters. The number of aliphatic hydroxyl groups is 1. The van der Waals surface area contributed by atoms with Crippen molar-refractivity contribution < 1.29 is 19.1 Å². The summed E-state index contributed by atoms with van der Waals surface area (Å²) in [6.07, 6.45) is 4.69. The summed E-state index contributed by atoms with van der Waals surface area (Å²) in [5, 5.41) is 12.2. The Bertz CT molecular complexity index is 458. The lowest BCUT2D eigenvalue weighted by atomic mass is 9.91. The molecule has 1 heterocycles. The number of aliphatic hydroxyl groups excluding tert-OH is 1. The lowest BCUT2D eigenvalue weighted by Gasteiger charge is -2.34. The summed E-state index contributed by atoms with van der Waals surface area (Å²) in [4.78, 5) is 25.3. The van der Waals surface area contributed by atoms with Crippen LogP contribution in [0.2, 0.25) is 0 Å². The lowest BCUT2D eigenvalue weighted by Crippen LogP contribution is -2.48. The minimum atomic E-state index is -0.544. The molecule has 1 aliphatic rings. The summed E-state index contributed by atoms with van der Waals surface area (Å²) in [7, 11) is 1.79. The molecule has 0 saturated heterocycles. The van der Waals surface area contributed by atoms with Gasteiger partial charge < -0.3 is 9.52 Å². The number of carbonyl (C=O) groups is 2. The van der Waals surface area contributed by atoms with Gasteiger partial charge in [0.1, 0.15) is 0 Å². The largest absolute Gasteiger partial charge is 0.459 e. The Morgan fingerprint density at radius 2 is 2.20 bits per heavy atom. The number of hydrogen-bond donors (Lipinski definition) is 2. The maximum atomic E-state index is 11.8. The van der Waals surface area contributed by atoms with E-state index in [9.17, 15) is 14.7 Å². The molecule has 0 radical (unpaired) electrons. The number of nitrogens with zero attached hydrogens (tertiary/aromatic N) is 1. The van der Waals surface area contributed by atoms with Gasteiger partial charge in [-0.15, -0.1) is 0 Å². The summed E-state index contributed by atoms with van der Waals surface area (Å²) < 4.78 is 4.92. The fourth-order valence-electron chi connectivity index (χ4n) is 2.59. The summed E-state index contributed by atoms with van der Waals surface area (Å²) in [5.74, 6) is -0.831. The topological polar surface area (TPSA) is 82.8 Å². The molecule has 1 fully saturated rings. The minimum absolute atomic E-state index is 0.0202. The van der Waals surface area contributed by atoms with Gasteiger partial charge in [0.05, 0.1) is 18.9 Å². The fraction of sp³-hybridized carbons (Fsp3) is 0.571. The van der Waals surface area contributed by atoms with E-state index in [2.05, 4.69) is 5.32 Å². The molecule has 20 heavy (non-hydrogen) atoms. The van der Waals surface area contributed by atoms with E-state index >= 15 is 0 Å². The molecule has 6 nitrogen and oxygen atoms in total. The number of carbonyl (C=O) groups excluding carboxylic acids is 2. The molecule has 0 aromatic carbocycles. The van der Waals surface area contributed by atoms with Crippen LogP contribution in [0.1, 0.15) is 36.2 Å². The van der Waals surface area contributed by atoms with Crippen LogP contribution in [-0.4, -0.2) is 47.6 Å². The molecule has 0 aliphatic heterocycles. The highest BCUT2D eigenvalue weighted by molar-refractivity contribution is 6.03. The number of likely N-dealkylation sites (N-methyl/N-ethyl adjacent to an activating group) is 1. The monoisotopic (exact) mass is 280 g/mol. The Hall–Kier alpha value is -1.66. The zero-order valence-electron chi connectivity index (χ0n) is 11.5. The van der Waals surface area contributed by atoms with E-state index in [1.54, 1.807) is 18.0 Å². The SMILES string of the molecule is CN(CC(=O)NC(=O)c1ccco1)C1CCCCC1O. The summed E-state index contributed by atoms with van der Waals surface area (Å²) >= 11 is 0. The van der Waals surface area contributed by atoms with Gasteiger partial charge in [-0.3, -0.25) is 19.8 Å². The molecule has 1 aromatic heterocycles. The van der Waals surface area contributed by atoms with Crippen LogP contribution in [0.15, 0.2) is 22.8 Å². The van der Waals surface area contributed by atoms with Gasteiger partial charge in [-0.1, -0.05) is 12.8 Å². The van der Waals surface area contributed by atoms with Gasteiger partial charge in [-0.25, -0.2) is 0 Å². The Kier molecular flexibility index (Phi) is 4.92. The third-order valence-corrected chi connectivity index (χ3v) is 3.65. The third kappa shape index (κ3) is 3.68. The molecule has 2 N–H and O–H groups in total. The molecule has 2 rings (SSSR count). The van der Waals surface area contributed by atoms with E-state index in [1.807, 2.05) is 0 Å². The van der Waals surface area contributed by atoms with Crippen molar-refractivity contribution in [3.05, 3.63) is 24.2 Å². The van der Waals surface area contributed by atoms with Crippen LogP contribution in [0, 0.1) is 0 Å². The van der Waals surface area contributed by atoms with E-state index in [1.165, 1.54) is 12.3 Å². The predicted molar refractivity (Wildman–Crippen MR) is 72.1 cm³/mol. The molecule has 6 heteroatoms. The summed E-state index contributed by atoms with van der Waals surface area (Å²) in [6, 6.07) is 3.06. The fourth-order valence-corrected chi connectivity index (χ4v) is 2.59. The Labute approximate surface area is 117 Å². The molecule has 1 aliphatic carbocycles. The van der Waals surface area contributed by atoms with Gasteiger partial charge in [-0.2, -0.15) is 0 Å². The smallest absolute Gasteiger partial charge is 0.293 e. The van der Waals surface area contributed by atoms with Crippen LogP contribution in [0.5, 0.6) is 0 Å². The van der Waals surface area contributed by atoms with E-state index in [0.717, 1.165) is 25.7 Å². The zero-order chi connectivity index (χ0) is 14.5. The highest BCUT2D eigenvalue weighted by Crippen LogP contribution is 2.22. The Morgan fingerprint density at radius 3 is 2.85 bits per heavy atom. The van der Waals surface area contributed by atoms with Crippen LogP contribution in [-0.2, 0) is 4.79 Å². The van der Waals surface area contributed by atoms with Gasteiger partial charge in [-0.05, 0) is 32.0 Å². The van der Waals surface area contributed by atoms with E-state index in [4.69, 9.17) is 4.42 Å². The average Bonchev–Trinajstić information content (AvgIpc) is 2.92. The second-order valence-corrected chi connectivity index (χ2v) is 5.19. The normalized spacial score (nSPS) is 22.8. The summed E-state index contributed by atoms with van der Waals surface area (Å²) in [6.45, 7) is 0.0776. The Morgan fingerprint density at radius 1 is 1.45 bits per heavy atom. The average molecular weight is 280 g/mol. The first-order valence-electron chi connectivity index (χ1n) is 6.84. The summed E-state index contributed by atoms with van der Waals surface area (Å²) in [5.41, 5.74) is 0. The second-order valence-electron chi connectivity index (χ2n) is 5.19. The lowest BCUT2D eigenvalue weighted by molar-refractivity contribution is -0.122. The van der Waals surface area contributed by atoms with Gasteiger partial charge >= 0.3 is 0 Å². The first kappa shape index (κ1) is 14.7. The third-order valence-electron chi connectivity index (χ3n) is 3.65. The van der Waals surface area contributed by atoms with Crippen LogP contribution in [0.25, 0.3) is 0 Å². The highest BCUT2D eigenvalue weighted by Gasteiger charge is 2.27. The van der Waals surface area contributed by atoms with Crippen molar-refractivity contribution in [3.63, 3.8) is 0 Å². The Balaban J connectivity index is 1.83. The number of imide groups is 1. The van der Waals surface area contributed by atoms with Crippen LogP contribution in [0.3, 0.4) is 0 Å². The standard InChI is InChI=1S/C14H20N2O4/c1-16(10-5-2-3-6-11(10)17)9-13(18)15-14(19)12-7-4-8-20-12/h4,7-8,10-11,17H,2-3,5-6,9H2,1H3,(H,15,18,19). The first-order chi connectivity index (χ1) is 9.58. The van der Waals surface area contributed by atoms with Crippen molar-refractivity contribution in [1.82, 2.24) is 10.2 Å². The van der Waals surface area contributed by atoms with Gasteiger partial charge in [0.2, 0.25) is 5.91 Å². The van der Waals surface area contributed by atoms with Crippen molar-refractivity contribution in [3.8, 4) is 0 Å². The van der Waals surface area contributed by atoms with Gasteiger partial charge in [0.25, 0.3) is 5.91 Å². The maximum Gasteiger partial charge on any atom is 0.293 e. The van der Waals surface area contributed by atoms with Crippen molar-refractivity contribution >= 4 is 11.8 Å². The highest BCUT2D eigenvalue weighted by atomic mass is 16.3. The molecule has 0 spiro atoms. The minimum Gasteiger partial charge on any atom is -0.459 e. The van der Waals surface area contributed by atoms with Crippen molar-refractivity contribution in [2.45, 2.75) is 37.8 Å². The quantitative estimate of drug-likeness (QED) is 0.851.